The molecule has 0 amide bonds. The predicted octanol–water partition coefficient (Wildman–Crippen LogP) is 1.83. The van der Waals surface area contributed by atoms with Crippen LogP contribution in [0.25, 0.3) is 0 Å². The highest BCUT2D eigenvalue weighted by atomic mass is 32.2. The van der Waals surface area contributed by atoms with Crippen molar-refractivity contribution < 1.29 is 23.1 Å². The summed E-state index contributed by atoms with van der Waals surface area (Å²) < 4.78 is 31.6. The van der Waals surface area contributed by atoms with Gasteiger partial charge in [-0.2, -0.15) is 8.42 Å². The number of nitrogens with zero attached hydrogens (tertiary/aromatic N) is 1. The first-order chi connectivity index (χ1) is 10.8. The quantitative estimate of drug-likeness (QED) is 0.564. The summed E-state index contributed by atoms with van der Waals surface area (Å²) in [4.78, 5) is 18.4. The van der Waals surface area contributed by atoms with Gasteiger partial charge in [0.15, 0.2) is 5.03 Å². The number of phenols is 1. The van der Waals surface area contributed by atoms with Gasteiger partial charge < -0.3 is 14.8 Å². The van der Waals surface area contributed by atoms with Crippen LogP contribution in [0.1, 0.15) is 35.9 Å². The second kappa shape index (κ2) is 6.29. The van der Waals surface area contributed by atoms with E-state index in [1.807, 2.05) is 13.8 Å². The molecule has 0 spiro atoms. The maximum Gasteiger partial charge on any atom is 0.340 e. The molecule has 0 atom stereocenters. The maximum atomic E-state index is 12.4. The molecule has 1 aromatic carbocycles. The lowest BCUT2D eigenvalue weighted by Gasteiger charge is -2.12. The number of aromatic amines is 1. The molecule has 1 heterocycles. The monoisotopic (exact) mass is 339 g/mol. The second-order valence-electron chi connectivity index (χ2n) is 5.08. The number of methoxy groups -OCH3 is 1. The molecule has 9 heteroatoms. The van der Waals surface area contributed by atoms with Crippen molar-refractivity contribution in [3.8, 4) is 5.75 Å². The van der Waals surface area contributed by atoms with Crippen molar-refractivity contribution in [3.63, 3.8) is 0 Å². The van der Waals surface area contributed by atoms with E-state index >= 15 is 0 Å². The largest absolute Gasteiger partial charge is 0.506 e. The Morgan fingerprint density at radius 1 is 1.39 bits per heavy atom. The van der Waals surface area contributed by atoms with Crippen LogP contribution in [0.15, 0.2) is 29.4 Å². The first-order valence-electron chi connectivity index (χ1n) is 6.74. The van der Waals surface area contributed by atoms with E-state index in [-0.39, 0.29) is 27.9 Å². The van der Waals surface area contributed by atoms with Crippen molar-refractivity contribution in [2.45, 2.75) is 24.8 Å². The van der Waals surface area contributed by atoms with Crippen LogP contribution in [0.4, 0.5) is 5.69 Å². The molecule has 8 nitrogen and oxygen atoms in total. The number of phenolic OH excluding ortho intramolecular Hbond substituents is 1. The third-order valence-corrected chi connectivity index (χ3v) is 4.35. The number of imidazole rings is 1. The van der Waals surface area contributed by atoms with Gasteiger partial charge in [0.1, 0.15) is 17.3 Å². The van der Waals surface area contributed by atoms with Crippen molar-refractivity contribution in [3.05, 3.63) is 35.8 Å². The molecule has 0 aliphatic heterocycles. The molecule has 0 saturated heterocycles. The molecule has 0 aliphatic carbocycles. The summed E-state index contributed by atoms with van der Waals surface area (Å²) in [6.45, 7) is 3.72. The van der Waals surface area contributed by atoms with Gasteiger partial charge in [-0.1, -0.05) is 19.9 Å². The van der Waals surface area contributed by atoms with Gasteiger partial charge in [-0.25, -0.2) is 9.78 Å². The zero-order valence-corrected chi connectivity index (χ0v) is 13.6. The van der Waals surface area contributed by atoms with E-state index in [9.17, 15) is 18.3 Å². The van der Waals surface area contributed by atoms with Gasteiger partial charge in [0.2, 0.25) is 0 Å². The predicted molar refractivity (Wildman–Crippen MR) is 82.9 cm³/mol. The van der Waals surface area contributed by atoms with Crippen LogP contribution in [0.5, 0.6) is 5.75 Å². The van der Waals surface area contributed by atoms with E-state index in [4.69, 9.17) is 0 Å². The normalized spacial score (nSPS) is 11.5. The van der Waals surface area contributed by atoms with Gasteiger partial charge in [-0.15, -0.1) is 0 Å². The number of carbonyl (C=O) groups is 1. The molecule has 0 aliphatic rings. The average Bonchev–Trinajstić information content (AvgIpc) is 2.99. The number of H-pyrrole nitrogens is 1. The highest BCUT2D eigenvalue weighted by Gasteiger charge is 2.23. The van der Waals surface area contributed by atoms with E-state index in [0.29, 0.717) is 5.82 Å². The lowest BCUT2D eigenvalue weighted by molar-refractivity contribution is 0.0601. The Balaban J connectivity index is 2.43. The highest BCUT2D eigenvalue weighted by Crippen LogP contribution is 2.30. The molecule has 1 aromatic heterocycles. The van der Waals surface area contributed by atoms with Gasteiger partial charge in [0.05, 0.1) is 18.9 Å². The Morgan fingerprint density at radius 3 is 2.65 bits per heavy atom. The maximum absolute atomic E-state index is 12.4. The first kappa shape index (κ1) is 16.8. The minimum absolute atomic E-state index is 0.0229. The lowest BCUT2D eigenvalue weighted by atomic mass is 10.1. The summed E-state index contributed by atoms with van der Waals surface area (Å²) in [7, 11) is -2.89. The number of rotatable bonds is 5. The number of benzene rings is 1. The van der Waals surface area contributed by atoms with Crippen LogP contribution in [-0.2, 0) is 14.8 Å². The summed E-state index contributed by atoms with van der Waals surface area (Å²) in [6, 6.07) is 4.01. The van der Waals surface area contributed by atoms with Gasteiger partial charge >= 0.3 is 5.97 Å². The summed E-state index contributed by atoms with van der Waals surface area (Å²) in [5, 5.41) is 9.71. The van der Waals surface area contributed by atoms with Gasteiger partial charge in [0.25, 0.3) is 10.0 Å². The van der Waals surface area contributed by atoms with Crippen LogP contribution >= 0.6 is 0 Å². The molecule has 124 valence electrons. The molecule has 23 heavy (non-hydrogen) atoms. The Labute approximate surface area is 133 Å². The van der Waals surface area contributed by atoms with E-state index in [2.05, 4.69) is 19.4 Å². The van der Waals surface area contributed by atoms with E-state index in [1.54, 1.807) is 0 Å². The molecule has 0 unspecified atom stereocenters. The third-order valence-electron chi connectivity index (χ3n) is 3.09. The van der Waals surface area contributed by atoms with Crippen molar-refractivity contribution in [1.29, 1.82) is 0 Å². The molecule has 2 aromatic rings. The van der Waals surface area contributed by atoms with E-state index in [0.717, 1.165) is 7.11 Å². The number of ether oxygens (including phenoxy) is 1. The Morgan fingerprint density at radius 2 is 2.09 bits per heavy atom. The summed E-state index contributed by atoms with van der Waals surface area (Å²) in [5.74, 6) is -0.628. The SMILES string of the molecule is COC(=O)c1cccc(O)c1NS(=O)(=O)c1cnc(C(C)C)[nH]1. The minimum atomic E-state index is -4.05. The molecule has 0 radical (unpaired) electrons. The van der Waals surface area contributed by atoms with Crippen LogP contribution in [0.2, 0.25) is 0 Å². The fraction of sp³-hybridized carbons (Fsp3) is 0.286. The number of nitrogens with one attached hydrogen (secondary N) is 2. The summed E-state index contributed by atoms with van der Waals surface area (Å²) in [6.07, 6.45) is 1.18. The van der Waals surface area contributed by atoms with Crippen LogP contribution in [0, 0.1) is 0 Å². The number of hydrogen-bond donors (Lipinski definition) is 3. The number of aromatic hydroxyl groups is 1. The second-order valence-corrected chi connectivity index (χ2v) is 6.73. The number of aromatic nitrogens is 2. The molecular formula is C14H17N3O5S. The first-order valence-corrected chi connectivity index (χ1v) is 8.22. The van der Waals surface area contributed by atoms with Crippen LogP contribution < -0.4 is 4.72 Å². The number of para-hydroxylation sites is 1. The van der Waals surface area contributed by atoms with Crippen LogP contribution in [0.3, 0.4) is 0 Å². The van der Waals surface area contributed by atoms with E-state index < -0.39 is 16.0 Å². The fourth-order valence-corrected chi connectivity index (χ4v) is 2.89. The molecular weight excluding hydrogens is 322 g/mol. The molecule has 3 N–H and O–H groups in total. The summed E-state index contributed by atoms with van der Waals surface area (Å²) >= 11 is 0. The van der Waals surface area contributed by atoms with Gasteiger partial charge in [-0.3, -0.25) is 4.72 Å². The molecule has 0 fully saturated rings. The average molecular weight is 339 g/mol. The number of sulfonamides is 1. The van der Waals surface area contributed by atoms with Gasteiger partial charge in [-0.05, 0) is 12.1 Å². The fourth-order valence-electron chi connectivity index (χ4n) is 1.87. The third kappa shape index (κ3) is 3.45. The van der Waals surface area contributed by atoms with Crippen molar-refractivity contribution in [1.82, 2.24) is 9.97 Å². The van der Waals surface area contributed by atoms with Crippen molar-refractivity contribution in [2.75, 3.05) is 11.8 Å². The van der Waals surface area contributed by atoms with Crippen molar-refractivity contribution in [2.24, 2.45) is 0 Å². The smallest absolute Gasteiger partial charge is 0.340 e. The number of esters is 1. The minimum Gasteiger partial charge on any atom is -0.506 e. The van der Waals surface area contributed by atoms with Crippen molar-refractivity contribution >= 4 is 21.7 Å². The molecule has 2 rings (SSSR count). The van der Waals surface area contributed by atoms with Gasteiger partial charge in [0, 0.05) is 5.92 Å². The zero-order valence-electron chi connectivity index (χ0n) is 12.8. The topological polar surface area (TPSA) is 121 Å². The Bertz CT molecular complexity index is 827. The lowest BCUT2D eigenvalue weighted by Crippen LogP contribution is -2.16. The number of carbonyl (C=O) groups excluding carboxylic acids is 1. The molecule has 0 bridgehead atoms. The highest BCUT2D eigenvalue weighted by molar-refractivity contribution is 7.92. The van der Waals surface area contributed by atoms with E-state index in [1.165, 1.54) is 24.4 Å². The Kier molecular flexibility index (Phi) is 4.60. The molecule has 0 saturated carbocycles. The number of anilines is 1. The van der Waals surface area contributed by atoms with Crippen LogP contribution in [-0.4, -0.2) is 36.6 Å². The number of hydrogen-bond acceptors (Lipinski definition) is 6. The zero-order chi connectivity index (χ0) is 17.2. The summed E-state index contributed by atoms with van der Waals surface area (Å²) in [5.41, 5.74) is -0.347. The standard InChI is InChI=1S/C14H17N3O5S/c1-8(2)13-15-7-11(16-13)23(20,21)17-12-9(14(19)22-3)5-4-6-10(12)18/h4-8,17-18H,1-3H3,(H,15,16). The Hall–Kier alpha value is -2.55.